The van der Waals surface area contributed by atoms with Crippen molar-refractivity contribution in [2.24, 2.45) is 13.0 Å². The monoisotopic (exact) mass is 302 g/mol. The summed E-state index contributed by atoms with van der Waals surface area (Å²) in [5, 5.41) is 16.8. The van der Waals surface area contributed by atoms with Crippen molar-refractivity contribution in [1.29, 1.82) is 0 Å². The third kappa shape index (κ3) is 4.07. The van der Waals surface area contributed by atoms with E-state index >= 15 is 0 Å². The highest BCUT2D eigenvalue weighted by atomic mass is 16.3. The van der Waals surface area contributed by atoms with Crippen molar-refractivity contribution in [3.05, 3.63) is 42.0 Å². The van der Waals surface area contributed by atoms with Crippen molar-refractivity contribution in [2.75, 3.05) is 0 Å². The second kappa shape index (κ2) is 7.06. The molecule has 6 heteroatoms. The summed E-state index contributed by atoms with van der Waals surface area (Å²) in [6.45, 7) is 4.19. The number of nitrogens with zero attached hydrogens (tertiary/aromatic N) is 3. The average molecular weight is 302 g/mol. The van der Waals surface area contributed by atoms with Crippen molar-refractivity contribution in [3.8, 4) is 5.75 Å². The topological polar surface area (TPSA) is 80.0 Å². The Hall–Kier alpha value is -2.37. The first-order chi connectivity index (χ1) is 10.5. The van der Waals surface area contributed by atoms with E-state index in [0.29, 0.717) is 11.5 Å². The lowest BCUT2D eigenvalue weighted by atomic mass is 10.0. The van der Waals surface area contributed by atoms with Crippen molar-refractivity contribution < 1.29 is 9.90 Å². The first kappa shape index (κ1) is 16.0. The second-order valence-corrected chi connectivity index (χ2v) is 5.80. The summed E-state index contributed by atoms with van der Waals surface area (Å²) in [5.41, 5.74) is 0.612. The standard InChI is InChI=1S/C16H22N4O2/c1-11(2)8-13(16-17-10-18-20(16)3)19-15(22)9-12-6-4-5-7-14(12)21/h4-7,10-11,13,21H,8-9H2,1-3H3,(H,19,22)/t13-/m1/s1. The molecule has 0 saturated carbocycles. The zero-order valence-electron chi connectivity index (χ0n) is 13.2. The molecule has 0 aliphatic carbocycles. The first-order valence-electron chi connectivity index (χ1n) is 7.37. The van der Waals surface area contributed by atoms with Crippen LogP contribution in [0.2, 0.25) is 0 Å². The number of carbonyl (C=O) groups excluding carboxylic acids is 1. The predicted octanol–water partition coefficient (Wildman–Crippen LogP) is 1.97. The Kier molecular flexibility index (Phi) is 5.14. The van der Waals surface area contributed by atoms with Crippen molar-refractivity contribution in [1.82, 2.24) is 20.1 Å². The number of para-hydroxylation sites is 1. The largest absolute Gasteiger partial charge is 0.508 e. The average Bonchev–Trinajstić information content (AvgIpc) is 2.86. The normalized spacial score (nSPS) is 12.4. The van der Waals surface area contributed by atoms with Gasteiger partial charge in [0.05, 0.1) is 12.5 Å². The van der Waals surface area contributed by atoms with Crippen LogP contribution in [0.15, 0.2) is 30.6 Å². The minimum atomic E-state index is -0.189. The molecule has 2 N–H and O–H groups in total. The number of phenolic OH excluding ortho intramolecular Hbond substituents is 1. The Labute approximate surface area is 130 Å². The lowest BCUT2D eigenvalue weighted by molar-refractivity contribution is -0.121. The number of rotatable bonds is 6. The number of carbonyl (C=O) groups is 1. The molecule has 118 valence electrons. The van der Waals surface area contributed by atoms with Gasteiger partial charge in [-0.1, -0.05) is 32.0 Å². The molecular weight excluding hydrogens is 280 g/mol. The quantitative estimate of drug-likeness (QED) is 0.855. The van der Waals surface area contributed by atoms with Crippen LogP contribution in [0.1, 0.15) is 37.7 Å². The zero-order valence-corrected chi connectivity index (χ0v) is 13.2. The van der Waals surface area contributed by atoms with Gasteiger partial charge in [-0.25, -0.2) is 4.98 Å². The fraction of sp³-hybridized carbons (Fsp3) is 0.438. The molecule has 0 aliphatic heterocycles. The maximum Gasteiger partial charge on any atom is 0.225 e. The number of nitrogens with one attached hydrogen (secondary N) is 1. The maximum atomic E-state index is 12.3. The van der Waals surface area contributed by atoms with Crippen LogP contribution in [-0.4, -0.2) is 25.8 Å². The van der Waals surface area contributed by atoms with Crippen molar-refractivity contribution >= 4 is 5.91 Å². The number of hydrogen-bond donors (Lipinski definition) is 2. The van der Waals surface area contributed by atoms with Crippen LogP contribution in [0.5, 0.6) is 5.75 Å². The highest BCUT2D eigenvalue weighted by Gasteiger charge is 2.21. The first-order valence-corrected chi connectivity index (χ1v) is 7.37. The van der Waals surface area contributed by atoms with Crippen molar-refractivity contribution in [2.45, 2.75) is 32.7 Å². The van der Waals surface area contributed by atoms with Gasteiger partial charge in [0.15, 0.2) is 0 Å². The summed E-state index contributed by atoms with van der Waals surface area (Å²) >= 11 is 0. The van der Waals surface area contributed by atoms with Gasteiger partial charge in [-0.3, -0.25) is 9.48 Å². The summed E-state index contributed by atoms with van der Waals surface area (Å²) in [7, 11) is 1.81. The highest BCUT2D eigenvalue weighted by Crippen LogP contribution is 2.20. The van der Waals surface area contributed by atoms with Crippen LogP contribution in [0.3, 0.4) is 0 Å². The molecule has 0 saturated heterocycles. The fourth-order valence-corrected chi connectivity index (χ4v) is 2.40. The van der Waals surface area contributed by atoms with Crippen LogP contribution in [0.4, 0.5) is 0 Å². The third-order valence-electron chi connectivity index (χ3n) is 3.44. The SMILES string of the molecule is CC(C)C[C@@H](NC(=O)Cc1ccccc1O)c1ncnn1C. The van der Waals surface area contributed by atoms with E-state index in [1.807, 2.05) is 7.05 Å². The van der Waals surface area contributed by atoms with Crippen LogP contribution in [0, 0.1) is 5.92 Å². The van der Waals surface area contributed by atoms with Gasteiger partial charge in [0.2, 0.25) is 5.91 Å². The molecule has 1 aromatic carbocycles. The molecular formula is C16H22N4O2. The number of benzene rings is 1. The lowest BCUT2D eigenvalue weighted by Crippen LogP contribution is -2.32. The van der Waals surface area contributed by atoms with Gasteiger partial charge < -0.3 is 10.4 Å². The Balaban J connectivity index is 2.09. The summed E-state index contributed by atoms with van der Waals surface area (Å²) in [4.78, 5) is 16.5. The van der Waals surface area contributed by atoms with E-state index in [1.54, 1.807) is 28.9 Å². The van der Waals surface area contributed by atoms with E-state index in [-0.39, 0.29) is 24.1 Å². The molecule has 6 nitrogen and oxygen atoms in total. The summed E-state index contributed by atoms with van der Waals surface area (Å²) in [6, 6.07) is 6.67. The van der Waals surface area contributed by atoms with E-state index in [4.69, 9.17) is 0 Å². The molecule has 0 unspecified atom stereocenters. The smallest absolute Gasteiger partial charge is 0.225 e. The Morgan fingerprint density at radius 1 is 1.36 bits per heavy atom. The van der Waals surface area contributed by atoms with E-state index in [1.165, 1.54) is 6.33 Å². The predicted molar refractivity (Wildman–Crippen MR) is 83.2 cm³/mol. The summed E-state index contributed by atoms with van der Waals surface area (Å²) < 4.78 is 1.67. The number of aryl methyl sites for hydroxylation is 1. The van der Waals surface area contributed by atoms with E-state index in [2.05, 4.69) is 29.2 Å². The highest BCUT2D eigenvalue weighted by molar-refractivity contribution is 5.79. The van der Waals surface area contributed by atoms with E-state index < -0.39 is 0 Å². The minimum Gasteiger partial charge on any atom is -0.508 e. The van der Waals surface area contributed by atoms with Crippen LogP contribution in [0.25, 0.3) is 0 Å². The number of aromatic hydroxyl groups is 1. The molecule has 2 rings (SSSR count). The molecule has 2 aromatic rings. The van der Waals surface area contributed by atoms with Gasteiger partial charge in [-0.05, 0) is 18.4 Å². The number of hydrogen-bond acceptors (Lipinski definition) is 4. The van der Waals surface area contributed by atoms with Gasteiger partial charge in [0.1, 0.15) is 17.9 Å². The molecule has 0 fully saturated rings. The van der Waals surface area contributed by atoms with Crippen LogP contribution < -0.4 is 5.32 Å². The van der Waals surface area contributed by atoms with Crippen LogP contribution >= 0.6 is 0 Å². The van der Waals surface area contributed by atoms with Crippen molar-refractivity contribution in [3.63, 3.8) is 0 Å². The minimum absolute atomic E-state index is 0.136. The molecule has 1 amide bonds. The number of phenols is 1. The Morgan fingerprint density at radius 2 is 2.09 bits per heavy atom. The Morgan fingerprint density at radius 3 is 2.68 bits per heavy atom. The van der Waals surface area contributed by atoms with E-state index in [0.717, 1.165) is 12.2 Å². The van der Waals surface area contributed by atoms with Gasteiger partial charge >= 0.3 is 0 Å². The molecule has 1 heterocycles. The molecule has 0 spiro atoms. The summed E-state index contributed by atoms with van der Waals surface area (Å²) in [5.74, 6) is 1.14. The molecule has 0 bridgehead atoms. The second-order valence-electron chi connectivity index (χ2n) is 5.80. The fourth-order valence-electron chi connectivity index (χ4n) is 2.40. The molecule has 0 radical (unpaired) electrons. The number of aromatic nitrogens is 3. The van der Waals surface area contributed by atoms with Crippen LogP contribution in [-0.2, 0) is 18.3 Å². The van der Waals surface area contributed by atoms with Gasteiger partial charge in [-0.15, -0.1) is 0 Å². The van der Waals surface area contributed by atoms with Gasteiger partial charge in [0.25, 0.3) is 0 Å². The van der Waals surface area contributed by atoms with Gasteiger partial charge in [0, 0.05) is 12.6 Å². The third-order valence-corrected chi connectivity index (χ3v) is 3.44. The molecule has 1 atom stereocenters. The molecule has 1 aromatic heterocycles. The summed E-state index contributed by atoms with van der Waals surface area (Å²) in [6.07, 6.45) is 2.40. The number of amides is 1. The molecule has 22 heavy (non-hydrogen) atoms. The lowest BCUT2D eigenvalue weighted by Gasteiger charge is -2.20. The maximum absolute atomic E-state index is 12.3. The van der Waals surface area contributed by atoms with Gasteiger partial charge in [-0.2, -0.15) is 5.10 Å². The Bertz CT molecular complexity index is 637. The molecule has 0 aliphatic rings. The van der Waals surface area contributed by atoms with E-state index in [9.17, 15) is 9.90 Å². The zero-order chi connectivity index (χ0) is 16.1.